The highest BCUT2D eigenvalue weighted by atomic mass is 16.5. The molecular weight excluding hydrogens is 296 g/mol. The zero-order valence-electron chi connectivity index (χ0n) is 13.1. The fourth-order valence-electron chi connectivity index (χ4n) is 2.25. The van der Waals surface area contributed by atoms with Gasteiger partial charge in [-0.1, -0.05) is 0 Å². The van der Waals surface area contributed by atoms with E-state index in [1.54, 1.807) is 34.7 Å². The van der Waals surface area contributed by atoms with E-state index in [1.807, 2.05) is 19.4 Å². The second-order valence-electron chi connectivity index (χ2n) is 5.05. The van der Waals surface area contributed by atoms with Crippen LogP contribution in [-0.4, -0.2) is 43.5 Å². The molecular formula is C15H18N6O2. The maximum absolute atomic E-state index is 11.3. The summed E-state index contributed by atoms with van der Waals surface area (Å²) in [4.78, 5) is 15.8. The SMILES string of the molecule is CCOC(=O)CCNc1cnn2cc(-c3cnn(C)c3)cnc12. The summed E-state index contributed by atoms with van der Waals surface area (Å²) in [5, 5.41) is 11.6. The molecule has 0 bridgehead atoms. The predicted octanol–water partition coefficient (Wildman–Crippen LogP) is 1.49. The number of ether oxygens (including phenoxy) is 1. The van der Waals surface area contributed by atoms with Crippen molar-refractivity contribution in [3.05, 3.63) is 31.0 Å². The molecule has 0 unspecified atom stereocenters. The molecule has 23 heavy (non-hydrogen) atoms. The number of hydrogen-bond acceptors (Lipinski definition) is 6. The molecule has 0 saturated carbocycles. The lowest BCUT2D eigenvalue weighted by atomic mass is 10.2. The molecule has 0 saturated heterocycles. The van der Waals surface area contributed by atoms with Crippen molar-refractivity contribution < 1.29 is 9.53 Å². The molecule has 8 nitrogen and oxygen atoms in total. The molecule has 0 aliphatic rings. The highest BCUT2D eigenvalue weighted by molar-refractivity contribution is 5.72. The third-order valence-electron chi connectivity index (χ3n) is 3.34. The number of rotatable bonds is 6. The summed E-state index contributed by atoms with van der Waals surface area (Å²) in [5.41, 5.74) is 3.41. The van der Waals surface area contributed by atoms with Gasteiger partial charge < -0.3 is 10.1 Å². The Bertz CT molecular complexity index is 822. The normalized spacial score (nSPS) is 10.9. The van der Waals surface area contributed by atoms with Crippen molar-refractivity contribution >= 4 is 17.3 Å². The summed E-state index contributed by atoms with van der Waals surface area (Å²) in [7, 11) is 1.87. The molecule has 1 N–H and O–H groups in total. The van der Waals surface area contributed by atoms with Gasteiger partial charge in [0, 0.05) is 43.3 Å². The Morgan fingerprint density at radius 3 is 2.78 bits per heavy atom. The molecule has 0 amide bonds. The molecule has 0 aromatic carbocycles. The van der Waals surface area contributed by atoms with Crippen LogP contribution in [0, 0.1) is 0 Å². The van der Waals surface area contributed by atoms with Gasteiger partial charge in [0.25, 0.3) is 0 Å². The molecule has 3 rings (SSSR count). The third kappa shape index (κ3) is 3.31. The molecule has 8 heteroatoms. The minimum absolute atomic E-state index is 0.219. The number of aryl methyl sites for hydroxylation is 1. The van der Waals surface area contributed by atoms with Crippen molar-refractivity contribution in [2.45, 2.75) is 13.3 Å². The van der Waals surface area contributed by atoms with Crippen molar-refractivity contribution in [1.29, 1.82) is 0 Å². The lowest BCUT2D eigenvalue weighted by Gasteiger charge is -2.04. The van der Waals surface area contributed by atoms with Crippen LogP contribution >= 0.6 is 0 Å². The minimum Gasteiger partial charge on any atom is -0.466 e. The zero-order chi connectivity index (χ0) is 16.2. The molecule has 0 aliphatic heterocycles. The smallest absolute Gasteiger partial charge is 0.307 e. The Morgan fingerprint density at radius 2 is 2.04 bits per heavy atom. The number of nitrogens with zero attached hydrogens (tertiary/aromatic N) is 5. The summed E-state index contributed by atoms with van der Waals surface area (Å²) >= 11 is 0. The van der Waals surface area contributed by atoms with Crippen molar-refractivity contribution in [2.24, 2.45) is 7.05 Å². The van der Waals surface area contributed by atoms with E-state index in [0.29, 0.717) is 25.2 Å². The van der Waals surface area contributed by atoms with E-state index in [9.17, 15) is 4.79 Å². The average molecular weight is 314 g/mol. The van der Waals surface area contributed by atoms with E-state index < -0.39 is 0 Å². The zero-order valence-corrected chi connectivity index (χ0v) is 13.1. The summed E-state index contributed by atoms with van der Waals surface area (Å²) in [5.74, 6) is -0.219. The molecule has 3 heterocycles. The van der Waals surface area contributed by atoms with Crippen LogP contribution in [0.3, 0.4) is 0 Å². The van der Waals surface area contributed by atoms with Gasteiger partial charge in [-0.25, -0.2) is 9.50 Å². The molecule has 0 aliphatic carbocycles. The van der Waals surface area contributed by atoms with Crippen molar-refractivity contribution in [1.82, 2.24) is 24.4 Å². The number of nitrogens with one attached hydrogen (secondary N) is 1. The largest absolute Gasteiger partial charge is 0.466 e. The first-order chi connectivity index (χ1) is 11.2. The first-order valence-corrected chi connectivity index (χ1v) is 7.39. The van der Waals surface area contributed by atoms with Crippen LogP contribution in [0.2, 0.25) is 0 Å². The first kappa shape index (κ1) is 15.0. The van der Waals surface area contributed by atoms with E-state index in [2.05, 4.69) is 20.5 Å². The fraction of sp³-hybridized carbons (Fsp3) is 0.333. The quantitative estimate of drug-likeness (QED) is 0.694. The van der Waals surface area contributed by atoms with Gasteiger partial charge in [0.05, 0.1) is 31.1 Å². The summed E-state index contributed by atoms with van der Waals surface area (Å²) in [6, 6.07) is 0. The van der Waals surface area contributed by atoms with E-state index in [4.69, 9.17) is 4.74 Å². The molecule has 0 atom stereocenters. The topological polar surface area (TPSA) is 86.3 Å². The average Bonchev–Trinajstić information content (AvgIpc) is 3.14. The Hall–Kier alpha value is -2.90. The number of hydrogen-bond donors (Lipinski definition) is 1. The van der Waals surface area contributed by atoms with Gasteiger partial charge in [0.1, 0.15) is 0 Å². The Labute approximate surface area is 133 Å². The van der Waals surface area contributed by atoms with Crippen LogP contribution in [0.5, 0.6) is 0 Å². The third-order valence-corrected chi connectivity index (χ3v) is 3.34. The maximum Gasteiger partial charge on any atom is 0.307 e. The fourth-order valence-corrected chi connectivity index (χ4v) is 2.25. The second-order valence-corrected chi connectivity index (χ2v) is 5.05. The van der Waals surface area contributed by atoms with Crippen LogP contribution < -0.4 is 5.32 Å². The van der Waals surface area contributed by atoms with Crippen molar-refractivity contribution in [3.63, 3.8) is 0 Å². The summed E-state index contributed by atoms with van der Waals surface area (Å²) in [6.45, 7) is 2.67. The van der Waals surface area contributed by atoms with Gasteiger partial charge in [-0.3, -0.25) is 9.48 Å². The van der Waals surface area contributed by atoms with Crippen LogP contribution in [0.25, 0.3) is 16.8 Å². The van der Waals surface area contributed by atoms with E-state index in [0.717, 1.165) is 16.8 Å². The van der Waals surface area contributed by atoms with Gasteiger partial charge in [-0.05, 0) is 6.92 Å². The Morgan fingerprint density at radius 1 is 1.22 bits per heavy atom. The molecule has 0 spiro atoms. The standard InChI is InChI=1S/C15H18N6O2/c1-3-23-14(22)4-5-16-13-8-19-21-10-11(6-17-15(13)21)12-7-18-20(2)9-12/h6-10,16H,3-5H2,1-2H3. The molecule has 0 radical (unpaired) electrons. The second kappa shape index (κ2) is 6.47. The Balaban J connectivity index is 1.73. The summed E-state index contributed by atoms with van der Waals surface area (Å²) < 4.78 is 8.34. The van der Waals surface area contributed by atoms with E-state index in [-0.39, 0.29) is 5.97 Å². The van der Waals surface area contributed by atoms with Crippen LogP contribution in [0.4, 0.5) is 5.69 Å². The van der Waals surface area contributed by atoms with Crippen LogP contribution in [-0.2, 0) is 16.6 Å². The molecule has 3 aromatic heterocycles. The van der Waals surface area contributed by atoms with Crippen LogP contribution in [0.1, 0.15) is 13.3 Å². The van der Waals surface area contributed by atoms with E-state index in [1.165, 1.54) is 0 Å². The highest BCUT2D eigenvalue weighted by Gasteiger charge is 2.09. The Kier molecular flexibility index (Phi) is 4.22. The maximum atomic E-state index is 11.3. The first-order valence-electron chi connectivity index (χ1n) is 7.39. The molecule has 3 aromatic rings. The number of fused-ring (bicyclic) bond motifs is 1. The van der Waals surface area contributed by atoms with Crippen LogP contribution in [0.15, 0.2) is 31.0 Å². The predicted molar refractivity (Wildman–Crippen MR) is 84.9 cm³/mol. The molecule has 0 fully saturated rings. The highest BCUT2D eigenvalue weighted by Crippen LogP contribution is 2.20. The summed E-state index contributed by atoms with van der Waals surface area (Å²) in [6.07, 6.45) is 9.38. The lowest BCUT2D eigenvalue weighted by molar-refractivity contribution is -0.142. The number of carbonyl (C=O) groups is 1. The van der Waals surface area contributed by atoms with Gasteiger partial charge in [-0.2, -0.15) is 10.2 Å². The van der Waals surface area contributed by atoms with Crippen molar-refractivity contribution in [3.8, 4) is 11.1 Å². The number of aromatic nitrogens is 5. The number of esters is 1. The van der Waals surface area contributed by atoms with Gasteiger partial charge in [0.2, 0.25) is 0 Å². The van der Waals surface area contributed by atoms with Gasteiger partial charge in [-0.15, -0.1) is 0 Å². The van der Waals surface area contributed by atoms with Gasteiger partial charge >= 0.3 is 5.97 Å². The number of anilines is 1. The van der Waals surface area contributed by atoms with Gasteiger partial charge in [0.15, 0.2) is 5.65 Å². The van der Waals surface area contributed by atoms with E-state index >= 15 is 0 Å². The minimum atomic E-state index is -0.219. The van der Waals surface area contributed by atoms with Crippen molar-refractivity contribution in [2.75, 3.05) is 18.5 Å². The number of carbonyl (C=O) groups excluding carboxylic acids is 1. The molecule has 120 valence electrons. The monoisotopic (exact) mass is 314 g/mol. The lowest BCUT2D eigenvalue weighted by Crippen LogP contribution is -2.11.